The molecule has 0 fully saturated rings. The van der Waals surface area contributed by atoms with Gasteiger partial charge in [-0.15, -0.1) is 0 Å². The summed E-state index contributed by atoms with van der Waals surface area (Å²) in [5, 5.41) is 2.44. The second-order valence-electron chi connectivity index (χ2n) is 9.31. The largest absolute Gasteiger partial charge is 0.464 e. The Morgan fingerprint density at radius 2 is 1.88 bits per heavy atom. The Labute approximate surface area is 204 Å². The van der Waals surface area contributed by atoms with Crippen LogP contribution in [0, 0.1) is 5.41 Å². The molecule has 0 saturated heterocycles. The number of esters is 1. The van der Waals surface area contributed by atoms with Gasteiger partial charge in [0.1, 0.15) is 6.04 Å². The van der Waals surface area contributed by atoms with Gasteiger partial charge < -0.3 is 10.1 Å². The Bertz CT molecular complexity index is 996. The van der Waals surface area contributed by atoms with E-state index < -0.39 is 33.8 Å². The highest BCUT2D eigenvalue weighted by molar-refractivity contribution is 7.85. The number of rotatable bonds is 11. The Hall–Kier alpha value is -2.45. The number of allylic oxidation sites excluding steroid dienone is 9. The lowest BCUT2D eigenvalue weighted by atomic mass is 9.72. The van der Waals surface area contributed by atoms with E-state index in [0.717, 1.165) is 12.0 Å². The van der Waals surface area contributed by atoms with Crippen molar-refractivity contribution in [3.63, 3.8) is 0 Å². The summed E-state index contributed by atoms with van der Waals surface area (Å²) in [6, 6.07) is -1.17. The molecule has 1 aliphatic carbocycles. The quantitative estimate of drug-likeness (QED) is 0.184. The third kappa shape index (κ3) is 11.1. The first-order valence-electron chi connectivity index (χ1n) is 11.6. The summed E-state index contributed by atoms with van der Waals surface area (Å²) in [5.41, 5.74) is 4.74. The van der Waals surface area contributed by atoms with Gasteiger partial charge in [-0.2, -0.15) is 8.42 Å². The Morgan fingerprint density at radius 1 is 1.21 bits per heavy atom. The zero-order valence-corrected chi connectivity index (χ0v) is 22.0. The van der Waals surface area contributed by atoms with Crippen molar-refractivity contribution in [1.29, 1.82) is 0 Å². The number of hydrogen-bond acceptors (Lipinski definition) is 5. The average molecular weight is 494 g/mol. The molecule has 1 atom stereocenters. The van der Waals surface area contributed by atoms with Crippen molar-refractivity contribution < 1.29 is 27.3 Å². The van der Waals surface area contributed by atoms with Crippen molar-refractivity contribution >= 4 is 22.0 Å². The van der Waals surface area contributed by atoms with Crippen molar-refractivity contribution in [3.8, 4) is 0 Å². The molecular formula is C26H39NO6S. The number of hydrogen-bond donors (Lipinski definition) is 2. The summed E-state index contributed by atoms with van der Waals surface area (Å²) in [6.07, 6.45) is 14.4. The van der Waals surface area contributed by atoms with Crippen molar-refractivity contribution in [3.05, 3.63) is 58.7 Å². The maximum Gasteiger partial charge on any atom is 0.328 e. The number of carbonyl (C=O) groups is 2. The standard InChI is InChI=1S/C26H39NO6S/c1-7-33-25(29)23(15-17-34(30,31)32)27-24(28)18-20(3)11-8-10-19(2)13-14-22-21(4)12-9-16-26(22,5)6/h8,10-11,13-14,18,23H,7,9,12,15-17H2,1-6H3,(H,27,28)(H,30,31,32)/b11-8+,14-13+,19-10+,20-18+. The predicted octanol–water partition coefficient (Wildman–Crippen LogP) is 4.84. The fourth-order valence-corrected chi connectivity index (χ4v) is 4.39. The van der Waals surface area contributed by atoms with Crippen LogP contribution in [0.4, 0.5) is 0 Å². The zero-order chi connectivity index (χ0) is 25.9. The van der Waals surface area contributed by atoms with Crippen LogP contribution in [-0.2, 0) is 24.4 Å². The minimum atomic E-state index is -4.27. The van der Waals surface area contributed by atoms with Crippen molar-refractivity contribution in [2.75, 3.05) is 12.4 Å². The van der Waals surface area contributed by atoms with E-state index >= 15 is 0 Å². The van der Waals surface area contributed by atoms with Crippen LogP contribution in [0.5, 0.6) is 0 Å². The minimum absolute atomic E-state index is 0.0865. The van der Waals surface area contributed by atoms with Crippen LogP contribution in [-0.4, -0.2) is 43.2 Å². The van der Waals surface area contributed by atoms with E-state index in [0.29, 0.717) is 5.57 Å². The Morgan fingerprint density at radius 3 is 2.47 bits per heavy atom. The first-order valence-corrected chi connectivity index (χ1v) is 13.2. The lowest BCUT2D eigenvalue weighted by molar-refractivity contribution is -0.147. The molecule has 0 spiro atoms. The molecule has 1 aliphatic rings. The fourth-order valence-electron chi connectivity index (χ4n) is 3.86. The predicted molar refractivity (Wildman–Crippen MR) is 136 cm³/mol. The van der Waals surface area contributed by atoms with Crippen LogP contribution in [0.2, 0.25) is 0 Å². The summed E-state index contributed by atoms with van der Waals surface area (Å²) < 4.78 is 35.8. The summed E-state index contributed by atoms with van der Waals surface area (Å²) in [4.78, 5) is 24.3. The molecule has 0 bridgehead atoms. The van der Waals surface area contributed by atoms with Crippen LogP contribution in [0.15, 0.2) is 58.7 Å². The highest BCUT2D eigenvalue weighted by atomic mass is 32.2. The zero-order valence-electron chi connectivity index (χ0n) is 21.2. The molecule has 1 rings (SSSR count). The van der Waals surface area contributed by atoms with Crippen LogP contribution >= 0.6 is 0 Å². The lowest BCUT2D eigenvalue weighted by Gasteiger charge is -2.32. The van der Waals surface area contributed by atoms with Crippen LogP contribution in [0.3, 0.4) is 0 Å². The van der Waals surface area contributed by atoms with Gasteiger partial charge in [-0.3, -0.25) is 9.35 Å². The molecule has 0 saturated carbocycles. The summed E-state index contributed by atoms with van der Waals surface area (Å²) in [5.74, 6) is -1.97. The second-order valence-corrected chi connectivity index (χ2v) is 10.9. The summed E-state index contributed by atoms with van der Waals surface area (Å²) >= 11 is 0. The molecule has 0 radical (unpaired) electrons. The van der Waals surface area contributed by atoms with Gasteiger partial charge in [0.05, 0.1) is 12.4 Å². The molecule has 0 aromatic heterocycles. The molecule has 0 aromatic carbocycles. The number of nitrogens with one attached hydrogen (secondary N) is 1. The van der Waals surface area contributed by atoms with Crippen LogP contribution in [0.1, 0.15) is 67.2 Å². The molecule has 190 valence electrons. The maximum absolute atomic E-state index is 12.3. The van der Waals surface area contributed by atoms with Crippen LogP contribution in [0.25, 0.3) is 0 Å². The Balaban J connectivity index is 2.79. The van der Waals surface area contributed by atoms with Gasteiger partial charge in [0, 0.05) is 6.08 Å². The summed E-state index contributed by atoms with van der Waals surface area (Å²) in [7, 11) is -4.27. The van der Waals surface area contributed by atoms with E-state index in [1.165, 1.54) is 30.1 Å². The summed E-state index contributed by atoms with van der Waals surface area (Å²) in [6.45, 7) is 12.2. The van der Waals surface area contributed by atoms with E-state index in [1.54, 1.807) is 19.9 Å². The van der Waals surface area contributed by atoms with Crippen molar-refractivity contribution in [2.45, 2.75) is 73.3 Å². The first-order chi connectivity index (χ1) is 15.7. The molecule has 1 amide bonds. The number of ether oxygens (including phenoxy) is 1. The molecule has 7 nitrogen and oxygen atoms in total. The monoisotopic (exact) mass is 493 g/mol. The molecule has 8 heteroatoms. The first kappa shape index (κ1) is 29.6. The third-order valence-electron chi connectivity index (χ3n) is 5.68. The van der Waals surface area contributed by atoms with E-state index in [-0.39, 0.29) is 18.4 Å². The fraction of sp³-hybridized carbons (Fsp3) is 0.538. The molecular weight excluding hydrogens is 454 g/mol. The van der Waals surface area contributed by atoms with Crippen LogP contribution < -0.4 is 5.32 Å². The number of amides is 1. The van der Waals surface area contributed by atoms with E-state index in [1.807, 2.05) is 19.1 Å². The van der Waals surface area contributed by atoms with Gasteiger partial charge in [-0.1, -0.05) is 55.4 Å². The lowest BCUT2D eigenvalue weighted by Crippen LogP contribution is -2.42. The van der Waals surface area contributed by atoms with E-state index in [9.17, 15) is 18.0 Å². The normalized spacial score (nSPS) is 18.4. The van der Waals surface area contributed by atoms with Gasteiger partial charge >= 0.3 is 5.97 Å². The topological polar surface area (TPSA) is 110 Å². The van der Waals surface area contributed by atoms with Gasteiger partial charge in [0.2, 0.25) is 5.91 Å². The highest BCUT2D eigenvalue weighted by Gasteiger charge is 2.26. The highest BCUT2D eigenvalue weighted by Crippen LogP contribution is 2.40. The van der Waals surface area contributed by atoms with Gasteiger partial charge in [-0.25, -0.2) is 4.79 Å². The van der Waals surface area contributed by atoms with Gasteiger partial charge in [-0.05, 0) is 69.9 Å². The second kappa shape index (κ2) is 13.4. The van der Waals surface area contributed by atoms with Gasteiger partial charge in [0.15, 0.2) is 0 Å². The van der Waals surface area contributed by atoms with Gasteiger partial charge in [0.25, 0.3) is 10.1 Å². The molecule has 1 unspecified atom stereocenters. The minimum Gasteiger partial charge on any atom is -0.464 e. The molecule has 2 N–H and O–H groups in total. The smallest absolute Gasteiger partial charge is 0.328 e. The third-order valence-corrected chi connectivity index (χ3v) is 6.44. The molecule has 0 aromatic rings. The van der Waals surface area contributed by atoms with E-state index in [2.05, 4.69) is 38.2 Å². The SMILES string of the molecule is CCOC(=O)C(CCS(=O)(=O)O)NC(=O)/C=C(C)/C=C/C=C(C)/C=C/C1=C(C)CCCC1(C)C. The molecule has 0 aliphatic heterocycles. The maximum atomic E-state index is 12.3. The van der Waals surface area contributed by atoms with E-state index in [4.69, 9.17) is 9.29 Å². The average Bonchev–Trinajstić information content (AvgIpc) is 2.69. The Kier molecular flexibility index (Phi) is 11.7. The molecule has 0 heterocycles. The van der Waals surface area contributed by atoms with Crippen molar-refractivity contribution in [2.24, 2.45) is 5.41 Å². The van der Waals surface area contributed by atoms with Crippen molar-refractivity contribution in [1.82, 2.24) is 5.32 Å². The number of carbonyl (C=O) groups excluding carboxylic acids is 2. The molecule has 34 heavy (non-hydrogen) atoms.